The van der Waals surface area contributed by atoms with Gasteiger partial charge in [-0.25, -0.2) is 0 Å². The van der Waals surface area contributed by atoms with Crippen molar-refractivity contribution in [1.82, 2.24) is 4.90 Å². The average Bonchev–Trinajstić information content (AvgIpc) is 2.93. The number of amides is 1. The quantitative estimate of drug-likeness (QED) is 0.305. The summed E-state index contributed by atoms with van der Waals surface area (Å²) >= 11 is 0. The minimum absolute atomic E-state index is 0.0420. The van der Waals surface area contributed by atoms with E-state index in [1.165, 1.54) is 10.5 Å². The lowest BCUT2D eigenvalue weighted by molar-refractivity contribution is -0.153. The van der Waals surface area contributed by atoms with Crippen molar-refractivity contribution in [3.63, 3.8) is 0 Å². The summed E-state index contributed by atoms with van der Waals surface area (Å²) < 4.78 is 0. The number of fused-ring (bicyclic) bond motifs is 3. The van der Waals surface area contributed by atoms with Gasteiger partial charge in [0.2, 0.25) is 5.78 Å². The summed E-state index contributed by atoms with van der Waals surface area (Å²) in [6.45, 7) is 2.13. The molecule has 0 heterocycles. The first-order valence-corrected chi connectivity index (χ1v) is 14.6. The summed E-state index contributed by atoms with van der Waals surface area (Å²) in [5, 5.41) is 46.2. The number of likely N-dealkylation sites (N-methyl/N-ethyl adjacent to an activating group) is 1. The summed E-state index contributed by atoms with van der Waals surface area (Å²) in [6, 6.07) is 8.57. The van der Waals surface area contributed by atoms with Crippen LogP contribution in [0.5, 0.6) is 5.75 Å². The fraction of sp³-hybridized carbons (Fsp3) is 0.424. The van der Waals surface area contributed by atoms with E-state index in [-0.39, 0.29) is 29.7 Å². The van der Waals surface area contributed by atoms with Crippen LogP contribution in [0, 0.1) is 11.8 Å². The summed E-state index contributed by atoms with van der Waals surface area (Å²) in [6.07, 6.45) is 3.35. The van der Waals surface area contributed by atoms with E-state index >= 15 is 0 Å². The lowest BCUT2D eigenvalue weighted by Crippen LogP contribution is -2.65. The van der Waals surface area contributed by atoms with Crippen molar-refractivity contribution < 1.29 is 34.8 Å². The van der Waals surface area contributed by atoms with Crippen LogP contribution in [0.4, 0.5) is 5.69 Å². The highest BCUT2D eigenvalue weighted by atomic mass is 16.3. The van der Waals surface area contributed by atoms with Crippen LogP contribution in [-0.2, 0) is 27.2 Å². The van der Waals surface area contributed by atoms with Gasteiger partial charge >= 0.3 is 0 Å². The van der Waals surface area contributed by atoms with Gasteiger partial charge in [0.15, 0.2) is 11.4 Å². The van der Waals surface area contributed by atoms with Crippen LogP contribution in [0.15, 0.2) is 47.2 Å². The first-order chi connectivity index (χ1) is 20.2. The number of carbonyl (C=O) groups is 3. The molecule has 1 saturated carbocycles. The molecule has 3 aliphatic carbocycles. The van der Waals surface area contributed by atoms with Crippen molar-refractivity contribution in [2.45, 2.75) is 50.7 Å². The average molecular weight is 590 g/mol. The number of benzene rings is 2. The topological polar surface area (TPSA) is 165 Å². The van der Waals surface area contributed by atoms with Crippen LogP contribution < -0.4 is 10.6 Å². The number of rotatable bonds is 7. The van der Waals surface area contributed by atoms with Gasteiger partial charge < -0.3 is 31.1 Å². The molecule has 0 spiro atoms. The van der Waals surface area contributed by atoms with E-state index in [9.17, 15) is 34.8 Å². The highest BCUT2D eigenvalue weighted by molar-refractivity contribution is 6.24. The third kappa shape index (κ3) is 4.51. The lowest BCUT2D eigenvalue weighted by Gasteiger charge is -2.50. The van der Waals surface area contributed by atoms with E-state index in [0.717, 1.165) is 30.5 Å². The van der Waals surface area contributed by atoms with Crippen LogP contribution in [0.1, 0.15) is 42.9 Å². The molecule has 0 radical (unpaired) electrons. The van der Waals surface area contributed by atoms with E-state index in [0.29, 0.717) is 11.1 Å². The van der Waals surface area contributed by atoms with Crippen LogP contribution in [0.3, 0.4) is 0 Å². The summed E-state index contributed by atoms with van der Waals surface area (Å²) in [7, 11) is 6.85. The number of unbranched alkanes of at least 4 members (excludes halogenated alkanes) is 1. The number of anilines is 1. The molecule has 0 saturated heterocycles. The number of primary amides is 1. The first-order valence-electron chi connectivity index (χ1n) is 14.6. The highest BCUT2D eigenvalue weighted by Crippen LogP contribution is 2.54. The van der Waals surface area contributed by atoms with Crippen molar-refractivity contribution >= 4 is 28.9 Å². The SMILES string of the molecule is CCCCc1ccc(-c2cc(N(C)C)c3c(c2O)C(O)=C2C(=O)[C@@]4(O)C(O)=C(C(N)=O)C(=O)C(N(C)C)[C@H]4C[C@H]2C3)cc1. The molecule has 1 fully saturated rings. The number of aliphatic hydroxyl groups is 3. The van der Waals surface area contributed by atoms with E-state index < -0.39 is 58.0 Å². The Morgan fingerprint density at radius 1 is 1.07 bits per heavy atom. The second-order valence-corrected chi connectivity index (χ2v) is 12.3. The number of nitrogens with zero attached hydrogens (tertiary/aromatic N) is 2. The van der Waals surface area contributed by atoms with Gasteiger partial charge in [-0.05, 0) is 68.5 Å². The Morgan fingerprint density at radius 3 is 2.28 bits per heavy atom. The number of Topliss-reactive ketones (excluding diaryl/α,β-unsaturated/α-hetero) is 2. The van der Waals surface area contributed by atoms with Gasteiger partial charge in [0.1, 0.15) is 22.8 Å². The molecule has 2 aromatic carbocycles. The molecule has 43 heavy (non-hydrogen) atoms. The van der Waals surface area contributed by atoms with Crippen molar-refractivity contribution in [2.75, 3.05) is 33.1 Å². The number of hydrogen-bond donors (Lipinski definition) is 5. The molecule has 10 heteroatoms. The largest absolute Gasteiger partial charge is 0.508 e. The number of phenols is 1. The van der Waals surface area contributed by atoms with E-state index in [4.69, 9.17) is 5.73 Å². The molecule has 1 amide bonds. The van der Waals surface area contributed by atoms with Crippen LogP contribution in [-0.4, -0.2) is 82.6 Å². The Labute approximate surface area is 250 Å². The second-order valence-electron chi connectivity index (χ2n) is 12.3. The number of phenolic OH excluding ortho intramolecular Hbond substituents is 1. The Bertz CT molecular complexity index is 1590. The van der Waals surface area contributed by atoms with Crippen molar-refractivity contribution in [3.05, 3.63) is 63.9 Å². The number of hydrogen-bond acceptors (Lipinski definition) is 9. The maximum absolute atomic E-state index is 14.2. The number of aryl methyl sites for hydroxylation is 1. The predicted octanol–water partition coefficient (Wildman–Crippen LogP) is 3.04. The number of carbonyl (C=O) groups excluding carboxylic acids is 3. The van der Waals surface area contributed by atoms with Gasteiger partial charge in [0, 0.05) is 36.8 Å². The van der Waals surface area contributed by atoms with Crippen LogP contribution in [0.25, 0.3) is 16.9 Å². The molecule has 6 N–H and O–H groups in total. The first kappa shape index (κ1) is 30.3. The van der Waals surface area contributed by atoms with Gasteiger partial charge in [-0.1, -0.05) is 37.6 Å². The predicted molar refractivity (Wildman–Crippen MR) is 163 cm³/mol. The summed E-state index contributed by atoms with van der Waals surface area (Å²) in [5.74, 6) is -6.63. The third-order valence-electron chi connectivity index (χ3n) is 9.26. The molecule has 10 nitrogen and oxygen atoms in total. The number of aliphatic hydroxyl groups excluding tert-OH is 2. The van der Waals surface area contributed by atoms with E-state index in [1.807, 2.05) is 49.3 Å². The van der Waals surface area contributed by atoms with Crippen molar-refractivity contribution in [1.29, 1.82) is 0 Å². The molecule has 3 aliphatic rings. The summed E-state index contributed by atoms with van der Waals surface area (Å²) in [5.41, 5.74) is 5.54. The zero-order valence-electron chi connectivity index (χ0n) is 25.1. The molecule has 0 aliphatic heterocycles. The van der Waals surface area contributed by atoms with Gasteiger partial charge in [0.25, 0.3) is 5.91 Å². The third-order valence-corrected chi connectivity index (χ3v) is 9.26. The smallest absolute Gasteiger partial charge is 0.255 e. The fourth-order valence-corrected chi connectivity index (χ4v) is 7.14. The Morgan fingerprint density at radius 2 is 1.72 bits per heavy atom. The Balaban J connectivity index is 1.71. The van der Waals surface area contributed by atoms with E-state index in [1.54, 1.807) is 14.1 Å². The zero-order valence-corrected chi connectivity index (χ0v) is 25.1. The minimum Gasteiger partial charge on any atom is -0.508 e. The van der Waals surface area contributed by atoms with Crippen LogP contribution in [0.2, 0.25) is 0 Å². The minimum atomic E-state index is -2.67. The Hall–Kier alpha value is -4.15. The van der Waals surface area contributed by atoms with Crippen molar-refractivity contribution in [3.8, 4) is 16.9 Å². The molecule has 1 unspecified atom stereocenters. The standard InChI is InChI=1S/C33H39N3O7/c1-6-7-8-16-9-11-17(12-10-16)19-15-22(35(2)3)20-13-18-14-21-26(36(4)5)29(39)25(32(34)42)31(41)33(21,43)30(40)23(18)28(38)24(20)27(19)37/h9-12,15,18,21,26,37-38,41,43H,6-8,13-14H2,1-5H3,(H2,34,42)/t18-,21-,26?,33-/m1/s1. The van der Waals surface area contributed by atoms with Crippen LogP contribution >= 0.6 is 0 Å². The number of aromatic hydroxyl groups is 1. The molecular weight excluding hydrogens is 550 g/mol. The van der Waals surface area contributed by atoms with Gasteiger partial charge in [-0.2, -0.15) is 0 Å². The molecular formula is C33H39N3O7. The van der Waals surface area contributed by atoms with Gasteiger partial charge in [-0.3, -0.25) is 19.3 Å². The summed E-state index contributed by atoms with van der Waals surface area (Å²) in [4.78, 5) is 43.0. The maximum Gasteiger partial charge on any atom is 0.255 e. The molecule has 2 aromatic rings. The van der Waals surface area contributed by atoms with Crippen molar-refractivity contribution in [2.24, 2.45) is 17.6 Å². The fourth-order valence-electron chi connectivity index (χ4n) is 7.14. The van der Waals surface area contributed by atoms with Gasteiger partial charge in [-0.15, -0.1) is 0 Å². The maximum atomic E-state index is 14.2. The molecule has 0 aromatic heterocycles. The zero-order chi connectivity index (χ0) is 31.5. The normalized spacial score (nSPS) is 25.0. The number of nitrogens with two attached hydrogens (primary N) is 1. The molecule has 5 rings (SSSR count). The second kappa shape index (κ2) is 10.8. The highest BCUT2D eigenvalue weighted by Gasteiger charge is 2.64. The lowest BCUT2D eigenvalue weighted by atomic mass is 9.57. The monoisotopic (exact) mass is 589 g/mol. The van der Waals surface area contributed by atoms with E-state index in [2.05, 4.69) is 6.92 Å². The molecule has 4 atom stereocenters. The molecule has 228 valence electrons. The van der Waals surface area contributed by atoms with Gasteiger partial charge in [0.05, 0.1) is 11.6 Å². The molecule has 0 bridgehead atoms. The Kier molecular flexibility index (Phi) is 7.64. The number of ketones is 2.